The van der Waals surface area contributed by atoms with Crippen molar-refractivity contribution < 1.29 is 14.3 Å². The predicted octanol–water partition coefficient (Wildman–Crippen LogP) is 3.24. The highest BCUT2D eigenvalue weighted by Gasteiger charge is 2.20. The normalized spacial score (nSPS) is 12.8. The minimum absolute atomic E-state index is 0.255. The van der Waals surface area contributed by atoms with E-state index in [2.05, 4.69) is 30.6 Å². The number of hydrogen-bond acceptors (Lipinski definition) is 5. The van der Waals surface area contributed by atoms with Gasteiger partial charge in [-0.2, -0.15) is 4.98 Å². The number of hydrogen-bond donors (Lipinski definition) is 0. The maximum absolute atomic E-state index is 11.2. The number of carbonyl (C=O) groups excluding carboxylic acids is 1. The van der Waals surface area contributed by atoms with Gasteiger partial charge in [0.2, 0.25) is 5.88 Å². The SMILES string of the molecule is COC(=O)Cc1ccc(Oc2nc(Br)nc3c2CCC3)cc1. The molecule has 1 aromatic carbocycles. The monoisotopic (exact) mass is 362 g/mol. The number of ether oxygens (including phenoxy) is 2. The largest absolute Gasteiger partial charge is 0.469 e. The van der Waals surface area contributed by atoms with Crippen LogP contribution in [0.1, 0.15) is 23.2 Å². The number of aryl methyl sites for hydroxylation is 1. The van der Waals surface area contributed by atoms with Crippen LogP contribution in [0.5, 0.6) is 11.6 Å². The van der Waals surface area contributed by atoms with Crippen molar-refractivity contribution in [2.45, 2.75) is 25.7 Å². The van der Waals surface area contributed by atoms with Crippen LogP contribution < -0.4 is 4.74 Å². The van der Waals surface area contributed by atoms with E-state index in [0.717, 1.165) is 36.1 Å². The molecule has 0 amide bonds. The number of benzene rings is 1. The summed E-state index contributed by atoms with van der Waals surface area (Å²) in [6.07, 6.45) is 3.24. The van der Waals surface area contributed by atoms with Gasteiger partial charge in [0.05, 0.1) is 19.2 Å². The Morgan fingerprint density at radius 3 is 2.73 bits per heavy atom. The summed E-state index contributed by atoms with van der Waals surface area (Å²) in [4.78, 5) is 20.0. The number of halogens is 1. The topological polar surface area (TPSA) is 61.3 Å². The molecule has 5 nitrogen and oxygen atoms in total. The van der Waals surface area contributed by atoms with Crippen LogP contribution in [0.3, 0.4) is 0 Å². The van der Waals surface area contributed by atoms with E-state index in [0.29, 0.717) is 16.4 Å². The van der Waals surface area contributed by atoms with E-state index in [9.17, 15) is 4.79 Å². The van der Waals surface area contributed by atoms with Crippen molar-refractivity contribution in [1.29, 1.82) is 0 Å². The molecule has 114 valence electrons. The molecule has 0 N–H and O–H groups in total. The van der Waals surface area contributed by atoms with Gasteiger partial charge in [-0.1, -0.05) is 12.1 Å². The van der Waals surface area contributed by atoms with Gasteiger partial charge in [0.1, 0.15) is 5.75 Å². The summed E-state index contributed by atoms with van der Waals surface area (Å²) < 4.78 is 11.1. The van der Waals surface area contributed by atoms with Crippen molar-refractivity contribution in [2.24, 2.45) is 0 Å². The Labute approximate surface area is 136 Å². The Balaban J connectivity index is 1.78. The summed E-state index contributed by atoms with van der Waals surface area (Å²) in [7, 11) is 1.38. The lowest BCUT2D eigenvalue weighted by Gasteiger charge is -2.10. The third-order valence-electron chi connectivity index (χ3n) is 3.58. The van der Waals surface area contributed by atoms with Crippen LogP contribution in [0.4, 0.5) is 0 Å². The van der Waals surface area contributed by atoms with Crippen LogP contribution in [-0.2, 0) is 28.8 Å². The van der Waals surface area contributed by atoms with Crippen LogP contribution in [0, 0.1) is 0 Å². The highest BCUT2D eigenvalue weighted by molar-refractivity contribution is 9.10. The lowest BCUT2D eigenvalue weighted by molar-refractivity contribution is -0.139. The van der Waals surface area contributed by atoms with Crippen LogP contribution in [0.15, 0.2) is 29.0 Å². The predicted molar refractivity (Wildman–Crippen MR) is 84.0 cm³/mol. The van der Waals surface area contributed by atoms with Gasteiger partial charge in [-0.15, -0.1) is 0 Å². The molecule has 1 aliphatic carbocycles. The summed E-state index contributed by atoms with van der Waals surface area (Å²) in [6, 6.07) is 7.36. The molecule has 0 unspecified atom stereocenters. The maximum Gasteiger partial charge on any atom is 0.309 e. The third-order valence-corrected chi connectivity index (χ3v) is 3.94. The van der Waals surface area contributed by atoms with Crippen molar-refractivity contribution in [1.82, 2.24) is 9.97 Å². The Morgan fingerprint density at radius 1 is 1.23 bits per heavy atom. The first-order chi connectivity index (χ1) is 10.7. The average molecular weight is 363 g/mol. The van der Waals surface area contributed by atoms with Crippen molar-refractivity contribution >= 4 is 21.9 Å². The van der Waals surface area contributed by atoms with E-state index in [1.807, 2.05) is 24.3 Å². The second-order valence-electron chi connectivity index (χ2n) is 5.08. The highest BCUT2D eigenvalue weighted by atomic mass is 79.9. The second kappa shape index (κ2) is 6.44. The summed E-state index contributed by atoms with van der Waals surface area (Å²) in [5.74, 6) is 1.04. The van der Waals surface area contributed by atoms with Gasteiger partial charge < -0.3 is 9.47 Å². The zero-order valence-corrected chi connectivity index (χ0v) is 13.7. The molecule has 3 rings (SSSR count). The van der Waals surface area contributed by atoms with E-state index >= 15 is 0 Å². The van der Waals surface area contributed by atoms with Crippen molar-refractivity contribution in [3.63, 3.8) is 0 Å². The number of carbonyl (C=O) groups is 1. The smallest absolute Gasteiger partial charge is 0.309 e. The first kappa shape index (κ1) is 15.0. The van der Waals surface area contributed by atoms with E-state index in [1.165, 1.54) is 7.11 Å². The lowest BCUT2D eigenvalue weighted by Crippen LogP contribution is -2.04. The van der Waals surface area contributed by atoms with Crippen LogP contribution in [-0.4, -0.2) is 23.0 Å². The molecule has 0 fully saturated rings. The molecule has 0 aliphatic heterocycles. The molecule has 0 saturated carbocycles. The molecular weight excluding hydrogens is 348 g/mol. The fraction of sp³-hybridized carbons (Fsp3) is 0.312. The fourth-order valence-corrected chi connectivity index (χ4v) is 2.85. The van der Waals surface area contributed by atoms with Crippen molar-refractivity contribution in [3.8, 4) is 11.6 Å². The number of esters is 1. The van der Waals surface area contributed by atoms with E-state index in [-0.39, 0.29) is 12.4 Å². The molecular formula is C16H15BrN2O3. The highest BCUT2D eigenvalue weighted by Crippen LogP contribution is 2.32. The number of methoxy groups -OCH3 is 1. The Bertz CT molecular complexity index is 701. The molecule has 0 spiro atoms. The first-order valence-electron chi connectivity index (χ1n) is 7.04. The molecule has 1 heterocycles. The molecule has 2 aromatic rings. The van der Waals surface area contributed by atoms with E-state index in [4.69, 9.17) is 4.74 Å². The molecule has 22 heavy (non-hydrogen) atoms. The third kappa shape index (κ3) is 3.27. The zero-order chi connectivity index (χ0) is 15.5. The number of fused-ring (bicyclic) bond motifs is 1. The van der Waals surface area contributed by atoms with Gasteiger partial charge in [0.25, 0.3) is 0 Å². The van der Waals surface area contributed by atoms with Gasteiger partial charge in [-0.05, 0) is 52.9 Å². The molecule has 1 aromatic heterocycles. The number of aromatic nitrogens is 2. The molecule has 6 heteroatoms. The Hall–Kier alpha value is -1.95. The summed E-state index contributed by atoms with van der Waals surface area (Å²) in [5.41, 5.74) is 3.02. The van der Waals surface area contributed by atoms with Gasteiger partial charge >= 0.3 is 5.97 Å². The van der Waals surface area contributed by atoms with Crippen LogP contribution >= 0.6 is 15.9 Å². The number of rotatable bonds is 4. The molecule has 1 aliphatic rings. The van der Waals surface area contributed by atoms with Crippen molar-refractivity contribution in [2.75, 3.05) is 7.11 Å². The quantitative estimate of drug-likeness (QED) is 0.617. The van der Waals surface area contributed by atoms with Crippen LogP contribution in [0.25, 0.3) is 0 Å². The Kier molecular flexibility index (Phi) is 4.38. The van der Waals surface area contributed by atoms with Gasteiger partial charge in [-0.25, -0.2) is 4.98 Å². The van der Waals surface area contributed by atoms with Crippen LogP contribution in [0.2, 0.25) is 0 Å². The lowest BCUT2D eigenvalue weighted by atomic mass is 10.1. The van der Waals surface area contributed by atoms with E-state index < -0.39 is 0 Å². The minimum atomic E-state index is -0.258. The summed E-state index contributed by atoms with van der Waals surface area (Å²) >= 11 is 3.32. The van der Waals surface area contributed by atoms with Crippen molar-refractivity contribution in [3.05, 3.63) is 45.8 Å². The standard InChI is InChI=1S/C16H15BrN2O3/c1-21-14(20)9-10-5-7-11(8-6-10)22-15-12-3-2-4-13(12)18-16(17)19-15/h5-8H,2-4,9H2,1H3. The molecule has 0 atom stereocenters. The first-order valence-corrected chi connectivity index (χ1v) is 7.84. The van der Waals surface area contributed by atoms with Gasteiger partial charge in [-0.3, -0.25) is 4.79 Å². The summed E-state index contributed by atoms with van der Waals surface area (Å²) in [6.45, 7) is 0. The fourth-order valence-electron chi connectivity index (χ4n) is 2.48. The van der Waals surface area contributed by atoms with Gasteiger partial charge in [0, 0.05) is 5.56 Å². The molecule has 0 radical (unpaired) electrons. The second-order valence-corrected chi connectivity index (χ2v) is 5.78. The average Bonchev–Trinajstić information content (AvgIpc) is 2.97. The zero-order valence-electron chi connectivity index (χ0n) is 12.1. The Morgan fingerprint density at radius 2 is 2.00 bits per heavy atom. The van der Waals surface area contributed by atoms with E-state index in [1.54, 1.807) is 0 Å². The maximum atomic E-state index is 11.2. The van der Waals surface area contributed by atoms with Gasteiger partial charge in [0.15, 0.2) is 4.73 Å². The molecule has 0 bridgehead atoms. The number of nitrogens with zero attached hydrogens (tertiary/aromatic N) is 2. The summed E-state index contributed by atoms with van der Waals surface area (Å²) in [5, 5.41) is 0. The minimum Gasteiger partial charge on any atom is -0.469 e. The molecule has 0 saturated heterocycles.